The molecule has 0 fully saturated rings. The smallest absolute Gasteiger partial charge is 0.137 e. The van der Waals surface area contributed by atoms with E-state index >= 15 is 0 Å². The Bertz CT molecular complexity index is 354. The summed E-state index contributed by atoms with van der Waals surface area (Å²) in [5.41, 5.74) is 0.497. The quantitative estimate of drug-likeness (QED) is 0.814. The van der Waals surface area contributed by atoms with Crippen LogP contribution in [0.4, 0.5) is 8.78 Å². The third-order valence-electron chi connectivity index (χ3n) is 2.29. The van der Waals surface area contributed by atoms with Crippen LogP contribution in [-0.4, -0.2) is 12.3 Å². The first-order valence-corrected chi connectivity index (χ1v) is 5.56. The first kappa shape index (κ1) is 9.93. The fraction of sp³-hybridized carbons (Fsp3) is 0.400. The highest BCUT2D eigenvalue weighted by Gasteiger charge is 2.28. The van der Waals surface area contributed by atoms with Crippen LogP contribution in [0.15, 0.2) is 17.0 Å². The summed E-state index contributed by atoms with van der Waals surface area (Å²) in [6, 6.07) is 2.34. The van der Waals surface area contributed by atoms with Gasteiger partial charge in [-0.05, 0) is 18.7 Å². The Morgan fingerprint density at radius 2 is 2.14 bits per heavy atom. The molecule has 76 valence electrons. The maximum atomic E-state index is 13.4. The van der Waals surface area contributed by atoms with Crippen molar-refractivity contribution >= 4 is 11.8 Å². The van der Waals surface area contributed by atoms with Crippen LogP contribution >= 0.6 is 11.8 Å². The molecule has 1 N–H and O–H groups in total. The van der Waals surface area contributed by atoms with E-state index in [9.17, 15) is 8.78 Å². The average molecular weight is 215 g/mol. The number of rotatable bonds is 2. The van der Waals surface area contributed by atoms with Gasteiger partial charge in [0.2, 0.25) is 0 Å². The molecular weight excluding hydrogens is 204 g/mol. The summed E-state index contributed by atoms with van der Waals surface area (Å²) in [5, 5.41) is 3.14. The summed E-state index contributed by atoms with van der Waals surface area (Å²) in [6.07, 6.45) is 0. The van der Waals surface area contributed by atoms with Gasteiger partial charge in [-0.3, -0.25) is 0 Å². The van der Waals surface area contributed by atoms with Crippen molar-refractivity contribution in [3.63, 3.8) is 0 Å². The lowest BCUT2D eigenvalue weighted by Gasteiger charge is -2.11. The molecule has 2 rings (SSSR count). The third kappa shape index (κ3) is 1.53. The van der Waals surface area contributed by atoms with Gasteiger partial charge < -0.3 is 5.32 Å². The normalized spacial score (nSPS) is 19.8. The molecule has 14 heavy (non-hydrogen) atoms. The van der Waals surface area contributed by atoms with E-state index < -0.39 is 0 Å². The Kier molecular flexibility index (Phi) is 2.74. The van der Waals surface area contributed by atoms with Gasteiger partial charge in [-0.25, -0.2) is 8.78 Å². The van der Waals surface area contributed by atoms with E-state index in [-0.39, 0.29) is 17.7 Å². The second-order valence-electron chi connectivity index (χ2n) is 3.19. The van der Waals surface area contributed by atoms with Crippen LogP contribution < -0.4 is 5.32 Å². The molecule has 1 aromatic rings. The molecule has 1 atom stereocenters. The number of halogens is 2. The van der Waals surface area contributed by atoms with Crippen LogP contribution in [0, 0.1) is 11.6 Å². The minimum Gasteiger partial charge on any atom is -0.309 e. The summed E-state index contributed by atoms with van der Waals surface area (Å²) in [7, 11) is 0. The summed E-state index contributed by atoms with van der Waals surface area (Å²) in [6.45, 7) is 2.72. The third-order valence-corrected chi connectivity index (χ3v) is 3.49. The van der Waals surface area contributed by atoms with Crippen LogP contribution in [0.2, 0.25) is 0 Å². The lowest BCUT2D eigenvalue weighted by Crippen LogP contribution is -2.21. The van der Waals surface area contributed by atoms with E-state index in [1.54, 1.807) is 0 Å². The van der Waals surface area contributed by atoms with Crippen LogP contribution in [0.5, 0.6) is 0 Å². The molecule has 0 aliphatic carbocycles. The van der Waals surface area contributed by atoms with Gasteiger partial charge in [-0.15, -0.1) is 11.8 Å². The fourth-order valence-electron chi connectivity index (χ4n) is 1.68. The van der Waals surface area contributed by atoms with Crippen molar-refractivity contribution in [2.45, 2.75) is 17.9 Å². The number of nitrogens with one attached hydrogen (secondary N) is 1. The number of hydrogen-bond acceptors (Lipinski definition) is 2. The Labute approximate surface area is 85.9 Å². The van der Waals surface area contributed by atoms with Crippen molar-refractivity contribution in [2.24, 2.45) is 0 Å². The lowest BCUT2D eigenvalue weighted by molar-refractivity contribution is 0.523. The SMILES string of the molecule is CCNC1CSc2c(F)ccc(F)c21. The number of fused-ring (bicyclic) bond motifs is 1. The number of benzene rings is 1. The first-order chi connectivity index (χ1) is 6.74. The molecule has 0 spiro atoms. The molecule has 0 aromatic heterocycles. The standard InChI is InChI=1S/C10H11F2NS/c1-2-13-8-5-14-10-7(12)4-3-6(11)9(8)10/h3-4,8,13H,2,5H2,1H3. The molecule has 1 heterocycles. The monoisotopic (exact) mass is 215 g/mol. The molecule has 4 heteroatoms. The number of hydrogen-bond donors (Lipinski definition) is 1. The molecular formula is C10H11F2NS. The predicted octanol–water partition coefficient (Wildman–Crippen LogP) is 2.72. The van der Waals surface area contributed by atoms with Gasteiger partial charge in [0, 0.05) is 17.4 Å². The fourth-order valence-corrected chi connectivity index (χ4v) is 2.90. The Morgan fingerprint density at radius 3 is 2.86 bits per heavy atom. The molecule has 0 saturated carbocycles. The summed E-state index contributed by atoms with van der Waals surface area (Å²) < 4.78 is 26.7. The molecule has 1 aliphatic rings. The summed E-state index contributed by atoms with van der Waals surface area (Å²) in [5.74, 6) is 0.0882. The van der Waals surface area contributed by atoms with E-state index in [2.05, 4.69) is 5.32 Å². The Hall–Kier alpha value is -0.610. The molecule has 1 aliphatic heterocycles. The van der Waals surface area contributed by atoms with Crippen LogP contribution in [0.3, 0.4) is 0 Å². The molecule has 0 saturated heterocycles. The van der Waals surface area contributed by atoms with Gasteiger partial charge >= 0.3 is 0 Å². The molecule has 0 radical (unpaired) electrons. The zero-order valence-corrected chi connectivity index (χ0v) is 8.63. The van der Waals surface area contributed by atoms with Crippen molar-refractivity contribution in [3.05, 3.63) is 29.3 Å². The Balaban J connectivity index is 2.42. The van der Waals surface area contributed by atoms with Crippen molar-refractivity contribution < 1.29 is 8.78 Å². The van der Waals surface area contributed by atoms with E-state index in [0.29, 0.717) is 16.2 Å². The van der Waals surface area contributed by atoms with Gasteiger partial charge in [0.1, 0.15) is 11.6 Å². The molecule has 0 bridgehead atoms. The van der Waals surface area contributed by atoms with Gasteiger partial charge in [-0.1, -0.05) is 6.92 Å². The minimum atomic E-state index is -0.313. The highest BCUT2D eigenvalue weighted by molar-refractivity contribution is 7.99. The highest BCUT2D eigenvalue weighted by atomic mass is 32.2. The van der Waals surface area contributed by atoms with Gasteiger partial charge in [0.25, 0.3) is 0 Å². The molecule has 1 nitrogen and oxygen atoms in total. The highest BCUT2D eigenvalue weighted by Crippen LogP contribution is 2.41. The summed E-state index contributed by atoms with van der Waals surface area (Å²) in [4.78, 5) is 0.468. The predicted molar refractivity (Wildman–Crippen MR) is 53.5 cm³/mol. The van der Waals surface area contributed by atoms with Crippen molar-refractivity contribution in [2.75, 3.05) is 12.3 Å². The number of thioether (sulfide) groups is 1. The van der Waals surface area contributed by atoms with Crippen molar-refractivity contribution in [1.29, 1.82) is 0 Å². The van der Waals surface area contributed by atoms with E-state index in [1.165, 1.54) is 23.9 Å². The average Bonchev–Trinajstić information content (AvgIpc) is 2.58. The maximum absolute atomic E-state index is 13.4. The zero-order valence-electron chi connectivity index (χ0n) is 7.81. The van der Waals surface area contributed by atoms with Gasteiger partial charge in [0.15, 0.2) is 0 Å². The zero-order chi connectivity index (χ0) is 10.1. The summed E-state index contributed by atoms with van der Waals surface area (Å²) >= 11 is 1.38. The second-order valence-corrected chi connectivity index (χ2v) is 4.22. The second kappa shape index (κ2) is 3.87. The van der Waals surface area contributed by atoms with E-state index in [1.807, 2.05) is 6.92 Å². The first-order valence-electron chi connectivity index (χ1n) is 4.58. The molecule has 0 amide bonds. The van der Waals surface area contributed by atoms with Gasteiger partial charge in [0.05, 0.1) is 4.90 Å². The van der Waals surface area contributed by atoms with Crippen LogP contribution in [0.1, 0.15) is 18.5 Å². The van der Waals surface area contributed by atoms with E-state index in [0.717, 1.165) is 6.54 Å². The van der Waals surface area contributed by atoms with E-state index in [4.69, 9.17) is 0 Å². The lowest BCUT2D eigenvalue weighted by atomic mass is 10.1. The molecule has 1 aromatic carbocycles. The Morgan fingerprint density at radius 1 is 1.43 bits per heavy atom. The van der Waals surface area contributed by atoms with Crippen molar-refractivity contribution in [1.82, 2.24) is 5.32 Å². The minimum absolute atomic E-state index is 0.0456. The van der Waals surface area contributed by atoms with Crippen LogP contribution in [0.25, 0.3) is 0 Å². The topological polar surface area (TPSA) is 12.0 Å². The molecule has 1 unspecified atom stereocenters. The largest absolute Gasteiger partial charge is 0.309 e. The van der Waals surface area contributed by atoms with Crippen molar-refractivity contribution in [3.8, 4) is 0 Å². The maximum Gasteiger partial charge on any atom is 0.137 e. The van der Waals surface area contributed by atoms with Crippen LogP contribution in [-0.2, 0) is 0 Å². The van der Waals surface area contributed by atoms with Gasteiger partial charge in [-0.2, -0.15) is 0 Å².